The van der Waals surface area contributed by atoms with Gasteiger partial charge in [0.1, 0.15) is 11.9 Å². The van der Waals surface area contributed by atoms with Crippen molar-refractivity contribution in [3.8, 4) is 28.5 Å². The molecule has 1 aliphatic rings. The molecule has 40 heavy (non-hydrogen) atoms. The highest BCUT2D eigenvalue weighted by Crippen LogP contribution is 2.33. The number of aryl methyl sites for hydroxylation is 1. The highest BCUT2D eigenvalue weighted by molar-refractivity contribution is 5.87. The van der Waals surface area contributed by atoms with Gasteiger partial charge in [0.05, 0.1) is 23.5 Å². The first kappa shape index (κ1) is 25.3. The van der Waals surface area contributed by atoms with Crippen molar-refractivity contribution < 1.29 is 13.9 Å². The predicted octanol–water partition coefficient (Wildman–Crippen LogP) is 4.27. The molecule has 5 heterocycles. The minimum atomic E-state index is -0.611. The molecule has 1 amide bonds. The third-order valence-electron chi connectivity index (χ3n) is 7.17. The van der Waals surface area contributed by atoms with Gasteiger partial charge in [0.2, 0.25) is 0 Å². The summed E-state index contributed by atoms with van der Waals surface area (Å²) in [6, 6.07) is 17.7. The number of hydrogen-bond acceptors (Lipinski definition) is 8. The number of ether oxygens (including phenoxy) is 1. The van der Waals surface area contributed by atoms with Crippen LogP contribution in [-0.2, 0) is 9.53 Å². The molecule has 1 fully saturated rings. The van der Waals surface area contributed by atoms with Gasteiger partial charge in [-0.1, -0.05) is 30.3 Å². The van der Waals surface area contributed by atoms with E-state index >= 15 is 0 Å². The molecule has 0 spiro atoms. The Hall–Kier alpha value is -5.01. The normalized spacial score (nSPS) is 14.3. The summed E-state index contributed by atoms with van der Waals surface area (Å²) >= 11 is 0. The molecule has 0 bridgehead atoms. The molecule has 1 unspecified atom stereocenters. The monoisotopic (exact) mass is 533 g/mol. The van der Waals surface area contributed by atoms with E-state index in [2.05, 4.69) is 21.1 Å². The van der Waals surface area contributed by atoms with E-state index in [1.54, 1.807) is 30.9 Å². The van der Waals surface area contributed by atoms with Crippen LogP contribution in [-0.4, -0.2) is 63.7 Å². The van der Waals surface area contributed by atoms with Gasteiger partial charge < -0.3 is 19.0 Å². The number of nitriles is 1. The van der Waals surface area contributed by atoms with Crippen LogP contribution in [0.15, 0.2) is 77.7 Å². The standard InChI is InChI=1S/C30H27N7O3/c1-20-32-18-26(40-20)23-14-25(28-24(15-31)17-34-37(28)19-23)22-8-9-27(33-16-22)35-10-12-36(13-11-35)30(38)29(39-2)21-6-4-3-5-7-21/h3-9,14,16-19,29H,10-13H2,1-2H3. The van der Waals surface area contributed by atoms with E-state index in [0.29, 0.717) is 48.9 Å². The Morgan fingerprint density at radius 1 is 1.02 bits per heavy atom. The van der Waals surface area contributed by atoms with E-state index in [4.69, 9.17) is 14.1 Å². The molecule has 1 aliphatic heterocycles. The first-order valence-electron chi connectivity index (χ1n) is 13.0. The Kier molecular flexibility index (Phi) is 6.72. The fourth-order valence-corrected chi connectivity index (χ4v) is 5.11. The lowest BCUT2D eigenvalue weighted by Gasteiger charge is -2.36. The SMILES string of the molecule is COC(C(=O)N1CCN(c2ccc(-c3cc(-c4cnc(C)o4)cn4ncc(C#N)c34)cn2)CC1)c1ccccc1. The number of carbonyl (C=O) groups is 1. The van der Waals surface area contributed by atoms with Crippen molar-refractivity contribution in [2.45, 2.75) is 13.0 Å². The van der Waals surface area contributed by atoms with Crippen LogP contribution in [0, 0.1) is 18.3 Å². The van der Waals surface area contributed by atoms with Gasteiger partial charge in [0.15, 0.2) is 17.8 Å². The first-order chi connectivity index (χ1) is 19.6. The summed E-state index contributed by atoms with van der Waals surface area (Å²) in [6.07, 6.45) is 6.26. The molecule has 0 saturated carbocycles. The van der Waals surface area contributed by atoms with Crippen LogP contribution in [0.4, 0.5) is 5.82 Å². The molecule has 4 aromatic heterocycles. The van der Waals surface area contributed by atoms with Crippen molar-refractivity contribution >= 4 is 17.2 Å². The number of amides is 1. The second kappa shape index (κ2) is 10.6. The molecule has 10 heteroatoms. The molecule has 1 aromatic carbocycles. The van der Waals surface area contributed by atoms with Gasteiger partial charge in [-0.05, 0) is 23.8 Å². The van der Waals surface area contributed by atoms with Crippen LogP contribution in [0.3, 0.4) is 0 Å². The zero-order valence-corrected chi connectivity index (χ0v) is 22.2. The summed E-state index contributed by atoms with van der Waals surface area (Å²) in [4.78, 5) is 26.1. The Balaban J connectivity index is 1.22. The van der Waals surface area contributed by atoms with Gasteiger partial charge in [-0.3, -0.25) is 4.79 Å². The molecule has 1 saturated heterocycles. The minimum Gasteiger partial charge on any atom is -0.441 e. The number of nitrogens with zero attached hydrogens (tertiary/aromatic N) is 7. The van der Waals surface area contributed by atoms with E-state index in [-0.39, 0.29) is 5.91 Å². The van der Waals surface area contributed by atoms with Gasteiger partial charge in [0, 0.05) is 69.3 Å². The van der Waals surface area contributed by atoms with Crippen LogP contribution in [0.25, 0.3) is 28.0 Å². The lowest BCUT2D eigenvalue weighted by molar-refractivity contribution is -0.142. The van der Waals surface area contributed by atoms with Crippen molar-refractivity contribution in [1.29, 1.82) is 5.26 Å². The van der Waals surface area contributed by atoms with E-state index in [1.165, 1.54) is 0 Å². The Morgan fingerprint density at radius 3 is 2.48 bits per heavy atom. The van der Waals surface area contributed by atoms with Crippen LogP contribution in [0.5, 0.6) is 0 Å². The van der Waals surface area contributed by atoms with Gasteiger partial charge in [0.25, 0.3) is 5.91 Å². The highest BCUT2D eigenvalue weighted by atomic mass is 16.5. The molecule has 6 rings (SSSR count). The Bertz CT molecular complexity index is 1700. The smallest absolute Gasteiger partial charge is 0.256 e. The highest BCUT2D eigenvalue weighted by Gasteiger charge is 2.29. The molecular formula is C30H27N7O3. The second-order valence-electron chi connectivity index (χ2n) is 9.59. The number of fused-ring (bicyclic) bond motifs is 1. The van der Waals surface area contributed by atoms with E-state index in [0.717, 1.165) is 28.1 Å². The van der Waals surface area contributed by atoms with E-state index in [1.807, 2.05) is 65.8 Å². The van der Waals surface area contributed by atoms with Gasteiger partial charge >= 0.3 is 0 Å². The fourth-order valence-electron chi connectivity index (χ4n) is 5.11. The molecular weight excluding hydrogens is 506 g/mol. The number of methoxy groups -OCH3 is 1. The number of aromatic nitrogens is 4. The topological polar surface area (TPSA) is 113 Å². The van der Waals surface area contributed by atoms with Gasteiger partial charge in [-0.25, -0.2) is 14.5 Å². The lowest BCUT2D eigenvalue weighted by atomic mass is 10.0. The Morgan fingerprint density at radius 2 is 1.82 bits per heavy atom. The van der Waals surface area contributed by atoms with E-state index < -0.39 is 6.10 Å². The average molecular weight is 534 g/mol. The summed E-state index contributed by atoms with van der Waals surface area (Å²) in [7, 11) is 1.57. The number of anilines is 1. The van der Waals surface area contributed by atoms with Crippen molar-refractivity contribution in [1.82, 2.24) is 24.5 Å². The number of pyridine rings is 2. The lowest BCUT2D eigenvalue weighted by Crippen LogP contribution is -2.50. The maximum atomic E-state index is 13.2. The summed E-state index contributed by atoms with van der Waals surface area (Å²) in [5.74, 6) is 1.99. The van der Waals surface area contributed by atoms with Gasteiger partial charge in [-0.2, -0.15) is 10.4 Å². The molecule has 0 aliphatic carbocycles. The summed E-state index contributed by atoms with van der Waals surface area (Å²) < 4.78 is 13.0. The predicted molar refractivity (Wildman–Crippen MR) is 148 cm³/mol. The number of hydrogen-bond donors (Lipinski definition) is 0. The molecule has 0 radical (unpaired) electrons. The molecule has 5 aromatic rings. The van der Waals surface area contributed by atoms with Crippen molar-refractivity contribution in [2.75, 3.05) is 38.2 Å². The second-order valence-corrected chi connectivity index (χ2v) is 9.59. The molecule has 10 nitrogen and oxygen atoms in total. The van der Waals surface area contributed by atoms with Crippen LogP contribution in [0.1, 0.15) is 23.1 Å². The molecule has 1 atom stereocenters. The summed E-state index contributed by atoms with van der Waals surface area (Å²) in [5, 5.41) is 14.1. The number of benzene rings is 1. The quantitative estimate of drug-likeness (QED) is 0.318. The maximum Gasteiger partial charge on any atom is 0.256 e. The summed E-state index contributed by atoms with van der Waals surface area (Å²) in [6.45, 7) is 4.28. The zero-order valence-electron chi connectivity index (χ0n) is 22.2. The minimum absolute atomic E-state index is 0.0309. The van der Waals surface area contributed by atoms with E-state index in [9.17, 15) is 10.1 Å². The largest absolute Gasteiger partial charge is 0.441 e. The fraction of sp³-hybridized carbons (Fsp3) is 0.233. The number of carbonyl (C=O) groups excluding carboxylic acids is 1. The van der Waals surface area contributed by atoms with Crippen LogP contribution < -0.4 is 4.90 Å². The van der Waals surface area contributed by atoms with Crippen LogP contribution >= 0.6 is 0 Å². The third kappa shape index (κ3) is 4.67. The number of rotatable bonds is 6. The average Bonchev–Trinajstić information content (AvgIpc) is 3.64. The molecule has 0 N–H and O–H groups in total. The van der Waals surface area contributed by atoms with Crippen molar-refractivity contribution in [3.05, 3.63) is 90.3 Å². The zero-order chi connectivity index (χ0) is 27.6. The number of oxazole rings is 1. The number of piperazine rings is 1. The van der Waals surface area contributed by atoms with Crippen LogP contribution in [0.2, 0.25) is 0 Å². The first-order valence-corrected chi connectivity index (χ1v) is 13.0. The summed E-state index contributed by atoms with van der Waals surface area (Å²) in [5.41, 5.74) is 4.50. The third-order valence-corrected chi connectivity index (χ3v) is 7.17. The Labute approximate surface area is 231 Å². The maximum absolute atomic E-state index is 13.2. The van der Waals surface area contributed by atoms with Crippen molar-refractivity contribution in [2.24, 2.45) is 0 Å². The molecule has 200 valence electrons. The van der Waals surface area contributed by atoms with Crippen molar-refractivity contribution in [3.63, 3.8) is 0 Å². The van der Waals surface area contributed by atoms with Gasteiger partial charge in [-0.15, -0.1) is 0 Å².